The van der Waals surface area contributed by atoms with Gasteiger partial charge in [0.1, 0.15) is 11.5 Å². The van der Waals surface area contributed by atoms with E-state index < -0.39 is 24.6 Å². The molecule has 0 fully saturated rings. The van der Waals surface area contributed by atoms with E-state index in [0.717, 1.165) is 77.0 Å². The largest absolute Gasteiger partial charge is 0.513 e. The van der Waals surface area contributed by atoms with Crippen LogP contribution in [0.2, 0.25) is 0 Å². The molecule has 0 bridgehead atoms. The Morgan fingerprint density at radius 3 is 0.952 bits per heavy atom. The Balaban J connectivity index is 1.80. The Morgan fingerprint density at radius 1 is 0.387 bits per heavy atom. The Morgan fingerprint density at radius 2 is 0.661 bits per heavy atom. The first kappa shape index (κ1) is 47.1. The number of hydrogen-bond acceptors (Lipinski definition) is 14. The van der Waals surface area contributed by atoms with Crippen LogP contribution in [0, 0.1) is 20.9 Å². The van der Waals surface area contributed by atoms with Crippen LogP contribution in [0.4, 0.5) is 19.2 Å². The summed E-state index contributed by atoms with van der Waals surface area (Å²) in [6, 6.07) is 8.84. The van der Waals surface area contributed by atoms with Crippen LogP contribution in [0.5, 0.6) is 34.5 Å². The van der Waals surface area contributed by atoms with E-state index in [0.29, 0.717) is 25.7 Å². The summed E-state index contributed by atoms with van der Waals surface area (Å²) in [6.45, 7) is 8.52. The summed E-state index contributed by atoms with van der Waals surface area (Å²) in [5.74, 6) is -1.48. The van der Waals surface area contributed by atoms with Gasteiger partial charge in [-0.05, 0) is 37.8 Å². The lowest BCUT2D eigenvalue weighted by atomic mass is 9.91. The number of rotatable bonds is 24. The summed E-state index contributed by atoms with van der Waals surface area (Å²) < 4.78 is 45.8. The van der Waals surface area contributed by atoms with Crippen molar-refractivity contribution in [2.45, 2.75) is 130 Å². The SMILES string of the molecule is CCCCCCOC(=O)Oc1c2c(c(OC(=O)OCCCCCC)c3c(O)cccc13)=c1c(OC(=O)OCCCCCC)c3c(O)cccc3c(OC(=O)OCCCCCC)c1=2. The molecule has 0 heterocycles. The quantitative estimate of drug-likeness (QED) is 0.0258. The van der Waals surface area contributed by atoms with Crippen molar-refractivity contribution in [3.8, 4) is 34.5 Å². The molecule has 62 heavy (non-hydrogen) atoms. The minimum absolute atomic E-state index is 0.0105. The molecule has 0 saturated carbocycles. The average Bonchev–Trinajstić information content (AvgIpc) is 3.23. The van der Waals surface area contributed by atoms with Crippen molar-refractivity contribution in [2.75, 3.05) is 26.4 Å². The molecule has 0 spiro atoms. The molecule has 1 aliphatic carbocycles. The van der Waals surface area contributed by atoms with E-state index in [9.17, 15) is 29.4 Å². The van der Waals surface area contributed by atoms with Gasteiger partial charge in [0.15, 0.2) is 23.0 Å². The minimum atomic E-state index is -1.09. The molecule has 4 aromatic carbocycles. The summed E-state index contributed by atoms with van der Waals surface area (Å²) in [4.78, 5) is 54.0. The van der Waals surface area contributed by atoms with Crippen LogP contribution in [0.15, 0.2) is 36.4 Å². The number of ether oxygens (including phenoxy) is 8. The highest BCUT2D eigenvalue weighted by molar-refractivity contribution is 6.03. The Hall–Kier alpha value is -5.92. The molecule has 4 aromatic rings. The van der Waals surface area contributed by atoms with Crippen LogP contribution in [0.3, 0.4) is 0 Å². The van der Waals surface area contributed by atoms with Gasteiger partial charge in [0.05, 0.1) is 37.2 Å². The van der Waals surface area contributed by atoms with Crippen molar-refractivity contribution in [3.05, 3.63) is 57.3 Å². The van der Waals surface area contributed by atoms with Crippen LogP contribution >= 0.6 is 0 Å². The molecule has 0 amide bonds. The molecule has 0 unspecified atom stereocenters. The Bertz CT molecular complexity index is 2230. The molecule has 336 valence electrons. The number of carbonyl (C=O) groups is 4. The zero-order valence-corrected chi connectivity index (χ0v) is 36.4. The summed E-state index contributed by atoms with van der Waals surface area (Å²) in [5.41, 5.74) is 0. The third kappa shape index (κ3) is 11.7. The van der Waals surface area contributed by atoms with Gasteiger partial charge in [-0.1, -0.05) is 129 Å². The number of aromatic hydroxyl groups is 2. The minimum Gasteiger partial charge on any atom is -0.507 e. The van der Waals surface area contributed by atoms with E-state index >= 15 is 0 Å². The predicted octanol–water partition coefficient (Wildman–Crippen LogP) is 12.7. The molecule has 0 aliphatic heterocycles. The lowest BCUT2D eigenvalue weighted by Crippen LogP contribution is -2.18. The lowest BCUT2D eigenvalue weighted by molar-refractivity contribution is 0.0941. The van der Waals surface area contributed by atoms with E-state index in [2.05, 4.69) is 27.7 Å². The summed E-state index contributed by atoms with van der Waals surface area (Å²) in [6.07, 6.45) is 9.13. The average molecular weight is 861 g/mol. The van der Waals surface area contributed by atoms with Gasteiger partial charge in [0.25, 0.3) is 0 Å². The summed E-state index contributed by atoms with van der Waals surface area (Å²) in [5, 5.41) is 23.3. The first-order valence-corrected chi connectivity index (χ1v) is 22.2. The van der Waals surface area contributed by atoms with Gasteiger partial charge in [0, 0.05) is 31.6 Å². The molecule has 0 saturated heterocycles. The highest BCUT2D eigenvalue weighted by Crippen LogP contribution is 2.50. The normalized spacial score (nSPS) is 11.3. The van der Waals surface area contributed by atoms with Crippen molar-refractivity contribution >= 4 is 46.2 Å². The van der Waals surface area contributed by atoms with Gasteiger partial charge in [0.2, 0.25) is 0 Å². The fourth-order valence-electron chi connectivity index (χ4n) is 7.41. The molecular weight excluding hydrogens is 801 g/mol. The maximum Gasteiger partial charge on any atom is 0.513 e. The van der Waals surface area contributed by atoms with Crippen molar-refractivity contribution in [3.63, 3.8) is 0 Å². The fraction of sp³-hybridized carbons (Fsp3) is 0.500. The van der Waals surface area contributed by atoms with Gasteiger partial charge in [-0.3, -0.25) is 0 Å². The van der Waals surface area contributed by atoms with E-state index in [1.54, 1.807) is 12.1 Å². The van der Waals surface area contributed by atoms with Crippen molar-refractivity contribution in [1.82, 2.24) is 0 Å². The molecule has 0 aromatic heterocycles. The summed E-state index contributed by atoms with van der Waals surface area (Å²) in [7, 11) is 0. The second-order valence-electron chi connectivity index (χ2n) is 15.3. The van der Waals surface area contributed by atoms with Gasteiger partial charge < -0.3 is 48.1 Å². The van der Waals surface area contributed by atoms with Gasteiger partial charge in [-0.2, -0.15) is 0 Å². The third-order valence-corrected chi connectivity index (χ3v) is 10.5. The molecule has 0 atom stereocenters. The van der Waals surface area contributed by atoms with Gasteiger partial charge in [-0.25, -0.2) is 19.2 Å². The molecule has 0 radical (unpaired) electrons. The Labute approximate surface area is 361 Å². The number of hydrogen-bond donors (Lipinski definition) is 2. The zero-order chi connectivity index (χ0) is 44.4. The van der Waals surface area contributed by atoms with Crippen LogP contribution in [0.25, 0.3) is 21.5 Å². The van der Waals surface area contributed by atoms with Crippen molar-refractivity contribution < 1.29 is 67.3 Å². The summed E-state index contributed by atoms with van der Waals surface area (Å²) >= 11 is 0. The van der Waals surface area contributed by atoms with E-state index in [4.69, 9.17) is 37.9 Å². The Kier molecular flexibility index (Phi) is 18.2. The number of unbranched alkanes of at least 4 members (excludes halogenated alkanes) is 12. The molecule has 2 N–H and O–H groups in total. The molecular formula is C48H60O14. The zero-order valence-electron chi connectivity index (χ0n) is 36.4. The second-order valence-corrected chi connectivity index (χ2v) is 15.3. The number of phenolic OH excluding ortho intramolecular Hbond substituents is 2. The number of benzene rings is 4. The molecule has 14 nitrogen and oxygen atoms in total. The maximum atomic E-state index is 13.5. The monoisotopic (exact) mass is 860 g/mol. The first-order valence-electron chi connectivity index (χ1n) is 22.2. The van der Waals surface area contributed by atoms with Crippen molar-refractivity contribution in [1.29, 1.82) is 0 Å². The highest BCUT2D eigenvalue weighted by atomic mass is 16.7. The van der Waals surface area contributed by atoms with E-state index in [1.807, 2.05) is 0 Å². The molecule has 14 heteroatoms. The number of fused-ring (bicyclic) bond motifs is 4. The predicted molar refractivity (Wildman–Crippen MR) is 231 cm³/mol. The van der Waals surface area contributed by atoms with Crippen molar-refractivity contribution in [2.24, 2.45) is 0 Å². The van der Waals surface area contributed by atoms with Crippen LogP contribution in [-0.4, -0.2) is 61.3 Å². The lowest BCUT2D eigenvalue weighted by Gasteiger charge is -2.22. The van der Waals surface area contributed by atoms with Crippen LogP contribution < -0.4 is 18.9 Å². The van der Waals surface area contributed by atoms with E-state index in [-0.39, 0.29) is 103 Å². The van der Waals surface area contributed by atoms with E-state index in [1.165, 1.54) is 24.3 Å². The van der Waals surface area contributed by atoms with Gasteiger partial charge >= 0.3 is 24.6 Å². The van der Waals surface area contributed by atoms with Crippen LogP contribution in [-0.2, 0) is 18.9 Å². The topological polar surface area (TPSA) is 183 Å². The molecule has 5 rings (SSSR count). The van der Waals surface area contributed by atoms with Gasteiger partial charge in [-0.15, -0.1) is 0 Å². The second kappa shape index (κ2) is 23.9. The number of phenols is 2. The third-order valence-electron chi connectivity index (χ3n) is 10.5. The highest BCUT2D eigenvalue weighted by Gasteiger charge is 2.32. The molecule has 1 aliphatic rings. The smallest absolute Gasteiger partial charge is 0.507 e. The first-order chi connectivity index (χ1) is 30.2. The maximum absolute atomic E-state index is 13.5. The fourth-order valence-corrected chi connectivity index (χ4v) is 7.41. The standard InChI is InChI=1S/C48H60O14/c1-5-9-13-17-27-55-45(51)59-41-31-23-21-25-33(49)35(31)43(61-47(53)57-29-19-15-11-7-3)39-37(41)38-40(39)44(62-48(54)58-30-20-16-12-8-4)36-32(24-22-26-34(36)50)42(38)60-46(52)56-28-18-14-10-6-2/h21-26,49-50H,5-20,27-30H2,1-4H3. The number of carbonyl (C=O) groups excluding carboxylic acids is 4. The van der Waals surface area contributed by atoms with Crippen LogP contribution in [0.1, 0.15) is 130 Å².